The summed E-state index contributed by atoms with van der Waals surface area (Å²) in [6.07, 6.45) is 1.73. The topological polar surface area (TPSA) is 80.2 Å². The number of carbonyl (C=O) groups is 1. The SMILES string of the molecule is COc1ccccc1Nc1ccc(NC(=O)c2ncn3c2CNCC3)cc1. The average molecular weight is 363 g/mol. The summed E-state index contributed by atoms with van der Waals surface area (Å²) in [6, 6.07) is 15.2. The number of methoxy groups -OCH3 is 1. The number of benzene rings is 2. The largest absolute Gasteiger partial charge is 0.495 e. The first-order chi connectivity index (χ1) is 13.2. The summed E-state index contributed by atoms with van der Waals surface area (Å²) in [5, 5.41) is 9.49. The van der Waals surface area contributed by atoms with Gasteiger partial charge in [-0.2, -0.15) is 0 Å². The fourth-order valence-electron chi connectivity index (χ4n) is 3.11. The molecule has 1 aliphatic heterocycles. The van der Waals surface area contributed by atoms with Crippen LogP contribution in [0, 0.1) is 0 Å². The molecule has 0 aliphatic carbocycles. The number of amides is 1. The minimum Gasteiger partial charge on any atom is -0.495 e. The van der Waals surface area contributed by atoms with Gasteiger partial charge in [-0.1, -0.05) is 12.1 Å². The van der Waals surface area contributed by atoms with Crippen molar-refractivity contribution in [1.82, 2.24) is 14.9 Å². The van der Waals surface area contributed by atoms with Crippen LogP contribution in [0.1, 0.15) is 16.2 Å². The summed E-state index contributed by atoms with van der Waals surface area (Å²) in [4.78, 5) is 16.8. The highest BCUT2D eigenvalue weighted by Gasteiger charge is 2.20. The first-order valence-electron chi connectivity index (χ1n) is 8.81. The van der Waals surface area contributed by atoms with Crippen LogP contribution in [0.3, 0.4) is 0 Å². The van der Waals surface area contributed by atoms with Crippen LogP contribution in [0.25, 0.3) is 0 Å². The monoisotopic (exact) mass is 363 g/mol. The van der Waals surface area contributed by atoms with Crippen molar-refractivity contribution in [3.05, 3.63) is 66.2 Å². The van der Waals surface area contributed by atoms with Crippen LogP contribution in [0.15, 0.2) is 54.9 Å². The van der Waals surface area contributed by atoms with E-state index in [9.17, 15) is 4.79 Å². The molecule has 7 nitrogen and oxygen atoms in total. The summed E-state index contributed by atoms with van der Waals surface area (Å²) in [5.41, 5.74) is 3.90. The molecule has 27 heavy (non-hydrogen) atoms. The zero-order valence-corrected chi connectivity index (χ0v) is 15.0. The lowest BCUT2D eigenvalue weighted by molar-refractivity contribution is 0.102. The lowest BCUT2D eigenvalue weighted by Gasteiger charge is -2.16. The minimum atomic E-state index is -0.196. The Bertz CT molecular complexity index is 949. The zero-order chi connectivity index (χ0) is 18.6. The molecule has 0 unspecified atom stereocenters. The van der Waals surface area contributed by atoms with E-state index in [1.165, 1.54) is 0 Å². The molecular formula is C20H21N5O2. The Morgan fingerprint density at radius 3 is 2.74 bits per heavy atom. The third-order valence-corrected chi connectivity index (χ3v) is 4.51. The summed E-state index contributed by atoms with van der Waals surface area (Å²) in [7, 11) is 1.64. The number of imidazole rings is 1. The van der Waals surface area contributed by atoms with E-state index in [-0.39, 0.29) is 5.91 Å². The number of aromatic nitrogens is 2. The first-order valence-corrected chi connectivity index (χ1v) is 8.81. The van der Waals surface area contributed by atoms with Crippen LogP contribution in [-0.4, -0.2) is 29.1 Å². The molecule has 1 amide bonds. The number of rotatable bonds is 5. The van der Waals surface area contributed by atoms with Crippen LogP contribution >= 0.6 is 0 Å². The second-order valence-corrected chi connectivity index (χ2v) is 6.27. The summed E-state index contributed by atoms with van der Waals surface area (Å²) < 4.78 is 7.37. The van der Waals surface area contributed by atoms with Gasteiger partial charge in [0.1, 0.15) is 5.75 Å². The van der Waals surface area contributed by atoms with Gasteiger partial charge in [-0.05, 0) is 36.4 Å². The molecule has 1 aliphatic rings. The Kier molecular flexibility index (Phi) is 4.76. The number of hydrogen-bond donors (Lipinski definition) is 3. The van der Waals surface area contributed by atoms with Gasteiger partial charge in [0.05, 0.1) is 24.8 Å². The maximum Gasteiger partial charge on any atom is 0.276 e. The summed E-state index contributed by atoms with van der Waals surface area (Å²) in [5.74, 6) is 0.575. The predicted molar refractivity (Wildman–Crippen MR) is 105 cm³/mol. The Labute approximate surface area is 157 Å². The van der Waals surface area contributed by atoms with E-state index in [0.29, 0.717) is 12.2 Å². The highest BCUT2D eigenvalue weighted by atomic mass is 16.5. The molecular weight excluding hydrogens is 342 g/mol. The molecule has 3 aromatic rings. The van der Waals surface area contributed by atoms with Gasteiger partial charge in [0.2, 0.25) is 0 Å². The van der Waals surface area contributed by atoms with E-state index in [0.717, 1.165) is 41.6 Å². The van der Waals surface area contributed by atoms with Gasteiger partial charge in [0.25, 0.3) is 5.91 Å². The van der Waals surface area contributed by atoms with Crippen molar-refractivity contribution in [2.24, 2.45) is 0 Å². The molecule has 2 aromatic carbocycles. The molecule has 0 atom stereocenters. The van der Waals surface area contributed by atoms with Crippen LogP contribution in [0.4, 0.5) is 17.1 Å². The number of fused-ring (bicyclic) bond motifs is 1. The van der Waals surface area contributed by atoms with E-state index in [1.807, 2.05) is 53.1 Å². The van der Waals surface area contributed by atoms with Crippen molar-refractivity contribution in [3.8, 4) is 5.75 Å². The Morgan fingerprint density at radius 1 is 1.15 bits per heavy atom. The van der Waals surface area contributed by atoms with Crippen LogP contribution in [-0.2, 0) is 13.1 Å². The Hall–Kier alpha value is -3.32. The lowest BCUT2D eigenvalue weighted by Crippen LogP contribution is -2.29. The second kappa shape index (κ2) is 7.51. The fourth-order valence-corrected chi connectivity index (χ4v) is 3.11. The van der Waals surface area contributed by atoms with Gasteiger partial charge in [-0.25, -0.2) is 4.98 Å². The maximum absolute atomic E-state index is 12.6. The molecule has 7 heteroatoms. The molecule has 0 fully saturated rings. The fraction of sp³-hybridized carbons (Fsp3) is 0.200. The van der Waals surface area contributed by atoms with E-state index in [4.69, 9.17) is 4.74 Å². The number of anilines is 3. The quantitative estimate of drug-likeness (QED) is 0.649. The molecule has 0 spiro atoms. The van der Waals surface area contributed by atoms with E-state index >= 15 is 0 Å². The molecule has 0 saturated heterocycles. The molecule has 0 radical (unpaired) electrons. The van der Waals surface area contributed by atoms with Gasteiger partial charge in [-0.3, -0.25) is 4.79 Å². The Balaban J connectivity index is 1.45. The summed E-state index contributed by atoms with van der Waals surface area (Å²) >= 11 is 0. The van der Waals surface area contributed by atoms with Crippen molar-refractivity contribution in [3.63, 3.8) is 0 Å². The van der Waals surface area contributed by atoms with Crippen molar-refractivity contribution in [1.29, 1.82) is 0 Å². The van der Waals surface area contributed by atoms with Crippen molar-refractivity contribution < 1.29 is 9.53 Å². The van der Waals surface area contributed by atoms with Gasteiger partial charge < -0.3 is 25.3 Å². The van der Waals surface area contributed by atoms with E-state index < -0.39 is 0 Å². The predicted octanol–water partition coefficient (Wildman–Crippen LogP) is 2.99. The Morgan fingerprint density at radius 2 is 1.93 bits per heavy atom. The lowest BCUT2D eigenvalue weighted by atomic mass is 10.2. The molecule has 0 saturated carbocycles. The minimum absolute atomic E-state index is 0.196. The standard InChI is InChI=1S/C20H21N5O2/c1-27-18-5-3-2-4-16(18)23-14-6-8-15(9-7-14)24-20(26)19-17-12-21-10-11-25(17)13-22-19/h2-9,13,21,23H,10-12H2,1H3,(H,24,26). The number of ether oxygens (including phenoxy) is 1. The van der Waals surface area contributed by atoms with Gasteiger partial charge in [0, 0.05) is 31.0 Å². The number of hydrogen-bond acceptors (Lipinski definition) is 5. The third-order valence-electron chi connectivity index (χ3n) is 4.51. The highest BCUT2D eigenvalue weighted by molar-refractivity contribution is 6.03. The maximum atomic E-state index is 12.6. The van der Waals surface area contributed by atoms with Crippen LogP contribution in [0.5, 0.6) is 5.75 Å². The summed E-state index contributed by atoms with van der Waals surface area (Å²) in [6.45, 7) is 2.38. The van der Waals surface area contributed by atoms with Gasteiger partial charge in [-0.15, -0.1) is 0 Å². The molecule has 3 N–H and O–H groups in total. The van der Waals surface area contributed by atoms with E-state index in [1.54, 1.807) is 13.4 Å². The third kappa shape index (κ3) is 3.63. The van der Waals surface area contributed by atoms with Crippen LogP contribution < -0.4 is 20.7 Å². The molecule has 4 rings (SSSR count). The number of nitrogens with zero attached hydrogens (tertiary/aromatic N) is 2. The molecule has 138 valence electrons. The normalized spacial score (nSPS) is 12.9. The molecule has 2 heterocycles. The van der Waals surface area contributed by atoms with Crippen LogP contribution in [0.2, 0.25) is 0 Å². The van der Waals surface area contributed by atoms with Gasteiger partial charge in [0.15, 0.2) is 5.69 Å². The second-order valence-electron chi connectivity index (χ2n) is 6.27. The van der Waals surface area contributed by atoms with Crippen molar-refractivity contribution >= 4 is 23.0 Å². The highest BCUT2D eigenvalue weighted by Crippen LogP contribution is 2.27. The number of carbonyl (C=O) groups excluding carboxylic acids is 1. The zero-order valence-electron chi connectivity index (χ0n) is 15.0. The molecule has 0 bridgehead atoms. The van der Waals surface area contributed by atoms with Gasteiger partial charge >= 0.3 is 0 Å². The van der Waals surface area contributed by atoms with E-state index in [2.05, 4.69) is 20.9 Å². The molecule has 1 aromatic heterocycles. The smallest absolute Gasteiger partial charge is 0.276 e. The average Bonchev–Trinajstić information content (AvgIpc) is 3.14. The number of nitrogens with one attached hydrogen (secondary N) is 3. The first kappa shape index (κ1) is 17.1. The number of para-hydroxylation sites is 2. The van der Waals surface area contributed by atoms with Crippen molar-refractivity contribution in [2.45, 2.75) is 13.1 Å². The van der Waals surface area contributed by atoms with Crippen molar-refractivity contribution in [2.75, 3.05) is 24.3 Å².